The first-order chi connectivity index (χ1) is 9.69. The fraction of sp³-hybridized carbons (Fsp3) is 0.231. The number of ether oxygens (including phenoxy) is 1. The molecule has 1 aromatic heterocycles. The average Bonchev–Trinajstić information content (AvgIpc) is 2.85. The molecule has 0 bridgehead atoms. The van der Waals surface area contributed by atoms with Crippen molar-refractivity contribution in [1.82, 2.24) is 4.98 Å². The van der Waals surface area contributed by atoms with Gasteiger partial charge >= 0.3 is 0 Å². The summed E-state index contributed by atoms with van der Waals surface area (Å²) in [4.78, 5) is 4.00. The van der Waals surface area contributed by atoms with E-state index in [-0.39, 0.29) is 11.6 Å². The molecule has 2 aromatic rings. The summed E-state index contributed by atoms with van der Waals surface area (Å²) < 4.78 is 18.8. The van der Waals surface area contributed by atoms with Crippen molar-refractivity contribution < 1.29 is 9.13 Å². The molecule has 106 valence electrons. The van der Waals surface area contributed by atoms with E-state index in [1.165, 1.54) is 17.4 Å². The lowest BCUT2D eigenvalue weighted by molar-refractivity contribution is 0.301. The van der Waals surface area contributed by atoms with Crippen LogP contribution in [-0.2, 0) is 0 Å². The summed E-state index contributed by atoms with van der Waals surface area (Å²) in [6.07, 6.45) is 2.39. The normalized spacial score (nSPS) is 10.9. The molecule has 0 atom stereocenters. The van der Waals surface area contributed by atoms with Crippen LogP contribution in [0.3, 0.4) is 0 Å². The van der Waals surface area contributed by atoms with Crippen molar-refractivity contribution in [2.75, 3.05) is 17.8 Å². The Bertz CT molecular complexity index is 600. The van der Waals surface area contributed by atoms with Gasteiger partial charge in [0.1, 0.15) is 5.82 Å². The Morgan fingerprint density at radius 1 is 1.55 bits per heavy atom. The summed E-state index contributed by atoms with van der Waals surface area (Å²) in [7, 11) is 0. The minimum atomic E-state index is -0.378. The van der Waals surface area contributed by atoms with Crippen molar-refractivity contribution in [2.24, 2.45) is 5.10 Å². The molecule has 0 aliphatic carbocycles. The second kappa shape index (κ2) is 6.85. The number of anilines is 2. The Labute approximate surface area is 120 Å². The molecular weight excluding hydrogens is 279 g/mol. The summed E-state index contributed by atoms with van der Waals surface area (Å²) in [6, 6.07) is 4.58. The monoisotopic (exact) mass is 294 g/mol. The van der Waals surface area contributed by atoms with Crippen LogP contribution >= 0.6 is 11.3 Å². The number of nitrogen functional groups attached to an aromatic ring is 1. The predicted octanol–water partition coefficient (Wildman–Crippen LogP) is 3.10. The lowest BCUT2D eigenvalue weighted by Gasteiger charge is -2.06. The molecule has 5 nitrogen and oxygen atoms in total. The van der Waals surface area contributed by atoms with Crippen LogP contribution in [0.4, 0.5) is 15.3 Å². The fourth-order valence-corrected chi connectivity index (χ4v) is 1.97. The molecule has 0 fully saturated rings. The number of hydrogen-bond acceptors (Lipinski definition) is 6. The Hall–Kier alpha value is -2.15. The second-order valence-corrected chi connectivity index (χ2v) is 4.84. The predicted molar refractivity (Wildman–Crippen MR) is 79.9 cm³/mol. The summed E-state index contributed by atoms with van der Waals surface area (Å²) in [5.74, 6) is 0.301. The maximum Gasteiger partial charge on any atom is 0.205 e. The zero-order chi connectivity index (χ0) is 14.4. The molecule has 2 rings (SSSR count). The number of aromatic nitrogens is 1. The number of hydrazone groups is 1. The van der Waals surface area contributed by atoms with Crippen molar-refractivity contribution in [1.29, 1.82) is 0 Å². The number of halogens is 1. The number of thiazole rings is 1. The van der Waals surface area contributed by atoms with Crippen molar-refractivity contribution in [3.05, 3.63) is 35.0 Å². The maximum absolute atomic E-state index is 13.5. The number of hydrogen-bond donors (Lipinski definition) is 2. The molecule has 7 heteroatoms. The van der Waals surface area contributed by atoms with Gasteiger partial charge in [0.05, 0.1) is 12.8 Å². The summed E-state index contributed by atoms with van der Waals surface area (Å²) in [5, 5.41) is 6.33. The highest BCUT2D eigenvalue weighted by Crippen LogP contribution is 2.19. The highest BCUT2D eigenvalue weighted by molar-refractivity contribution is 7.14. The molecule has 0 unspecified atom stereocenters. The first kappa shape index (κ1) is 14.3. The van der Waals surface area contributed by atoms with Crippen molar-refractivity contribution in [3.63, 3.8) is 0 Å². The number of nitrogens with two attached hydrogens (primary N) is 1. The van der Waals surface area contributed by atoms with Gasteiger partial charge in [0.15, 0.2) is 11.6 Å². The largest absolute Gasteiger partial charge is 0.491 e. The van der Waals surface area contributed by atoms with E-state index in [1.807, 2.05) is 6.92 Å². The lowest BCUT2D eigenvalue weighted by atomic mass is 10.2. The first-order valence-corrected chi connectivity index (χ1v) is 6.99. The molecule has 3 N–H and O–H groups in total. The first-order valence-electron chi connectivity index (χ1n) is 6.11. The molecule has 0 aliphatic heterocycles. The van der Waals surface area contributed by atoms with Gasteiger partial charge in [-0.15, -0.1) is 11.3 Å². The van der Waals surface area contributed by atoms with Gasteiger partial charge in [-0.25, -0.2) is 9.37 Å². The van der Waals surface area contributed by atoms with Crippen LogP contribution in [0, 0.1) is 5.82 Å². The molecular formula is C13H15FN4OS. The highest BCUT2D eigenvalue weighted by atomic mass is 32.1. The van der Waals surface area contributed by atoms with Crippen molar-refractivity contribution >= 4 is 28.5 Å². The zero-order valence-corrected chi connectivity index (χ0v) is 11.8. The highest BCUT2D eigenvalue weighted by Gasteiger charge is 2.03. The molecule has 1 aromatic carbocycles. The summed E-state index contributed by atoms with van der Waals surface area (Å²) in [6.45, 7) is 2.45. The van der Waals surface area contributed by atoms with Gasteiger partial charge in [-0.05, 0) is 24.1 Å². The Morgan fingerprint density at radius 2 is 2.40 bits per heavy atom. The van der Waals surface area contributed by atoms with E-state index in [2.05, 4.69) is 15.5 Å². The van der Waals surface area contributed by atoms with E-state index >= 15 is 0 Å². The van der Waals surface area contributed by atoms with Crippen LogP contribution in [0.1, 0.15) is 18.9 Å². The summed E-state index contributed by atoms with van der Waals surface area (Å²) in [5.41, 5.74) is 8.98. The van der Waals surface area contributed by atoms with Crippen LogP contribution in [0.2, 0.25) is 0 Å². The van der Waals surface area contributed by atoms with E-state index in [0.717, 1.165) is 12.0 Å². The Balaban J connectivity index is 2.01. The van der Waals surface area contributed by atoms with Crippen LogP contribution in [0.25, 0.3) is 0 Å². The quantitative estimate of drug-likeness (QED) is 0.634. The molecule has 0 aliphatic rings. The minimum absolute atomic E-state index is 0.231. The van der Waals surface area contributed by atoms with Crippen LogP contribution in [-0.4, -0.2) is 17.8 Å². The lowest BCUT2D eigenvalue weighted by Crippen LogP contribution is -1.98. The topological polar surface area (TPSA) is 72.5 Å². The van der Waals surface area contributed by atoms with Crippen molar-refractivity contribution in [2.45, 2.75) is 13.3 Å². The van der Waals surface area contributed by atoms with E-state index < -0.39 is 0 Å². The third-order valence-electron chi connectivity index (χ3n) is 2.31. The van der Waals surface area contributed by atoms with E-state index in [4.69, 9.17) is 10.5 Å². The van der Waals surface area contributed by atoms with Gasteiger partial charge in [-0.2, -0.15) is 5.10 Å². The molecule has 20 heavy (non-hydrogen) atoms. The van der Waals surface area contributed by atoms with Crippen LogP contribution in [0.15, 0.2) is 28.7 Å². The molecule has 0 saturated heterocycles. The maximum atomic E-state index is 13.5. The third-order valence-corrected chi connectivity index (χ3v) is 3.08. The van der Waals surface area contributed by atoms with E-state index in [0.29, 0.717) is 17.6 Å². The Morgan fingerprint density at radius 3 is 3.10 bits per heavy atom. The van der Waals surface area contributed by atoms with Crippen LogP contribution in [0.5, 0.6) is 5.75 Å². The molecule has 0 spiro atoms. The molecule has 1 heterocycles. The van der Waals surface area contributed by atoms with Gasteiger partial charge in [0.2, 0.25) is 5.13 Å². The number of nitrogens with one attached hydrogen (secondary N) is 1. The van der Waals surface area contributed by atoms with Crippen molar-refractivity contribution in [3.8, 4) is 5.75 Å². The number of nitrogens with zero attached hydrogens (tertiary/aromatic N) is 2. The molecule has 0 radical (unpaired) electrons. The minimum Gasteiger partial charge on any atom is -0.491 e. The second-order valence-electron chi connectivity index (χ2n) is 3.99. The van der Waals surface area contributed by atoms with Gasteiger partial charge in [-0.1, -0.05) is 13.0 Å². The molecule has 0 amide bonds. The van der Waals surface area contributed by atoms with Gasteiger partial charge in [0, 0.05) is 5.38 Å². The number of benzene rings is 1. The standard InChI is InChI=1S/C13H15FN4OS/c1-2-5-19-11-6-9(3-4-10(11)14)7-16-18-13-17-12(15)8-20-13/h3-4,6-8H,2,5,15H2,1H3,(H,17,18). The fourth-order valence-electron chi connectivity index (χ4n) is 1.42. The Kier molecular flexibility index (Phi) is 4.89. The van der Waals surface area contributed by atoms with E-state index in [9.17, 15) is 4.39 Å². The third kappa shape index (κ3) is 3.92. The van der Waals surface area contributed by atoms with Gasteiger partial charge in [-0.3, -0.25) is 5.43 Å². The zero-order valence-electron chi connectivity index (χ0n) is 11.0. The van der Waals surface area contributed by atoms with Gasteiger partial charge < -0.3 is 10.5 Å². The summed E-state index contributed by atoms with van der Waals surface area (Å²) >= 11 is 1.36. The number of rotatable bonds is 6. The average molecular weight is 294 g/mol. The van der Waals surface area contributed by atoms with E-state index in [1.54, 1.807) is 23.7 Å². The smallest absolute Gasteiger partial charge is 0.205 e. The SMILES string of the molecule is CCCOc1cc(C=NNc2nc(N)cs2)ccc1F. The van der Waals surface area contributed by atoms with Crippen LogP contribution < -0.4 is 15.9 Å². The van der Waals surface area contributed by atoms with Gasteiger partial charge in [0.25, 0.3) is 0 Å². The molecule has 0 saturated carbocycles.